The van der Waals surface area contributed by atoms with Gasteiger partial charge in [0, 0.05) is 18.3 Å². The van der Waals surface area contributed by atoms with E-state index in [1.165, 1.54) is 27.4 Å². The van der Waals surface area contributed by atoms with Gasteiger partial charge in [0.1, 0.15) is 17.4 Å². The van der Waals surface area contributed by atoms with Crippen LogP contribution in [0.4, 0.5) is 5.82 Å². The van der Waals surface area contributed by atoms with E-state index in [1.807, 2.05) is 26.8 Å². The van der Waals surface area contributed by atoms with Crippen LogP contribution in [0.25, 0.3) is 0 Å². The molecule has 3 aliphatic rings. The molecule has 3 aromatic rings. The van der Waals surface area contributed by atoms with Crippen LogP contribution in [0.5, 0.6) is 11.5 Å². The number of benzene rings is 1. The van der Waals surface area contributed by atoms with Gasteiger partial charge in [0.15, 0.2) is 17.4 Å². The van der Waals surface area contributed by atoms with E-state index >= 15 is 0 Å². The molecule has 6 rings (SSSR count). The van der Waals surface area contributed by atoms with Crippen molar-refractivity contribution in [1.29, 1.82) is 0 Å². The van der Waals surface area contributed by atoms with Crippen molar-refractivity contribution in [2.45, 2.75) is 96.6 Å². The van der Waals surface area contributed by atoms with E-state index in [0.29, 0.717) is 24.7 Å². The van der Waals surface area contributed by atoms with Crippen molar-refractivity contribution < 1.29 is 19.0 Å². The second kappa shape index (κ2) is 10.7. The first-order chi connectivity index (χ1) is 19.6. The molecule has 41 heavy (non-hydrogen) atoms. The molecule has 0 spiro atoms. The Morgan fingerprint density at radius 2 is 1.95 bits per heavy atom. The Morgan fingerprint density at radius 3 is 2.68 bits per heavy atom. The molecular weight excluding hydrogens is 522 g/mol. The van der Waals surface area contributed by atoms with Gasteiger partial charge >= 0.3 is 0 Å². The minimum atomic E-state index is -1.19. The van der Waals surface area contributed by atoms with Gasteiger partial charge in [-0.15, -0.1) is 0 Å². The molecule has 2 atom stereocenters. The predicted molar refractivity (Wildman–Crippen MR) is 153 cm³/mol. The zero-order valence-electron chi connectivity index (χ0n) is 24.3. The van der Waals surface area contributed by atoms with Crippen LogP contribution in [0.2, 0.25) is 0 Å². The lowest BCUT2D eigenvalue weighted by Crippen LogP contribution is -2.53. The fourth-order valence-electron chi connectivity index (χ4n) is 6.65. The molecule has 2 aromatic heterocycles. The standard InChI is InChI=1S/C31H39N5O5/c1-20-12-13-26(25-11-7-10-24(20)25)40-22-16-28(37)36(32-17-22)31(4,21-8-5-6-9-21)29(38)33-27-14-15-35(34-27)18-23-19-39-30(2,3)41-23/h12-17,21,23H,5-11,18-19H2,1-4H3,(H,33,34,38)/t23-,31?/m1/s1. The topological polar surface area (TPSA) is 110 Å². The number of rotatable bonds is 8. The van der Waals surface area contributed by atoms with E-state index < -0.39 is 11.3 Å². The Balaban J connectivity index is 1.22. The van der Waals surface area contributed by atoms with Gasteiger partial charge in [-0.1, -0.05) is 18.9 Å². The van der Waals surface area contributed by atoms with Gasteiger partial charge < -0.3 is 19.5 Å². The Bertz CT molecular complexity index is 1500. The molecule has 1 aliphatic heterocycles. The normalized spacial score (nSPS) is 21.5. The maximum absolute atomic E-state index is 13.9. The smallest absolute Gasteiger partial charge is 0.271 e. The highest BCUT2D eigenvalue weighted by Gasteiger charge is 2.46. The molecule has 0 radical (unpaired) electrons. The van der Waals surface area contributed by atoms with Gasteiger partial charge in [0.25, 0.3) is 11.5 Å². The summed E-state index contributed by atoms with van der Waals surface area (Å²) in [5.74, 6) is 0.604. The number of hydrogen-bond acceptors (Lipinski definition) is 7. The zero-order valence-corrected chi connectivity index (χ0v) is 24.3. The van der Waals surface area contributed by atoms with Gasteiger partial charge in [0.05, 0.1) is 19.3 Å². The number of carbonyl (C=O) groups excluding carboxylic acids is 1. The third-order valence-corrected chi connectivity index (χ3v) is 8.87. The zero-order chi connectivity index (χ0) is 28.8. The number of ether oxygens (including phenoxy) is 3. The van der Waals surface area contributed by atoms with E-state index in [4.69, 9.17) is 14.2 Å². The van der Waals surface area contributed by atoms with Crippen molar-refractivity contribution in [2.24, 2.45) is 5.92 Å². The Labute approximate surface area is 240 Å². The first kappa shape index (κ1) is 27.7. The highest BCUT2D eigenvalue weighted by atomic mass is 16.7. The van der Waals surface area contributed by atoms with Crippen LogP contribution >= 0.6 is 0 Å². The molecule has 1 saturated carbocycles. The Kier molecular flexibility index (Phi) is 7.23. The van der Waals surface area contributed by atoms with Crippen LogP contribution in [-0.2, 0) is 39.2 Å². The molecule has 1 unspecified atom stereocenters. The highest BCUT2D eigenvalue weighted by Crippen LogP contribution is 2.39. The molecular formula is C31H39N5O5. The number of aromatic nitrogens is 4. The van der Waals surface area contributed by atoms with E-state index in [-0.39, 0.29) is 23.5 Å². The maximum atomic E-state index is 13.9. The lowest BCUT2D eigenvalue weighted by atomic mass is 9.83. The van der Waals surface area contributed by atoms with E-state index in [0.717, 1.165) is 50.7 Å². The van der Waals surface area contributed by atoms with Gasteiger partial charge in [0.2, 0.25) is 0 Å². The molecule has 1 amide bonds. The minimum Gasteiger partial charge on any atom is -0.455 e. The van der Waals surface area contributed by atoms with E-state index in [9.17, 15) is 9.59 Å². The molecule has 1 saturated heterocycles. The second-order valence-electron chi connectivity index (χ2n) is 12.2. The highest BCUT2D eigenvalue weighted by molar-refractivity contribution is 5.95. The first-order valence-corrected chi connectivity index (χ1v) is 14.7. The molecule has 10 nitrogen and oxygen atoms in total. The fourth-order valence-corrected chi connectivity index (χ4v) is 6.65. The van der Waals surface area contributed by atoms with Crippen LogP contribution in [0, 0.1) is 12.8 Å². The Morgan fingerprint density at radius 1 is 1.17 bits per heavy atom. The van der Waals surface area contributed by atoms with Crippen LogP contribution in [0.1, 0.15) is 69.6 Å². The van der Waals surface area contributed by atoms with Crippen molar-refractivity contribution >= 4 is 11.7 Å². The molecule has 218 valence electrons. The number of nitrogens with one attached hydrogen (secondary N) is 1. The van der Waals surface area contributed by atoms with Gasteiger partial charge in [-0.2, -0.15) is 10.2 Å². The summed E-state index contributed by atoms with van der Waals surface area (Å²) < 4.78 is 20.8. The SMILES string of the molecule is Cc1ccc(Oc2cnn(C(C)(C(=O)Nc3ccn(C[C@@H]4COC(C)(C)O4)n3)C3CCCC3)c(=O)c2)c2c1CCC2. The van der Waals surface area contributed by atoms with Crippen molar-refractivity contribution in [3.05, 3.63) is 63.7 Å². The predicted octanol–water partition coefficient (Wildman–Crippen LogP) is 4.72. The molecule has 0 bridgehead atoms. The van der Waals surface area contributed by atoms with E-state index in [2.05, 4.69) is 28.5 Å². The summed E-state index contributed by atoms with van der Waals surface area (Å²) in [5, 5.41) is 12.0. The minimum absolute atomic E-state index is 0.0341. The average molecular weight is 562 g/mol. The van der Waals surface area contributed by atoms with Gasteiger partial charge in [-0.3, -0.25) is 14.3 Å². The number of nitrogens with zero attached hydrogens (tertiary/aromatic N) is 4. The van der Waals surface area contributed by atoms with Gasteiger partial charge in [-0.05, 0) is 88.5 Å². The molecule has 3 heterocycles. The summed E-state index contributed by atoms with van der Waals surface area (Å²) in [6.45, 7) is 8.68. The van der Waals surface area contributed by atoms with Crippen LogP contribution < -0.4 is 15.6 Å². The molecule has 10 heteroatoms. The van der Waals surface area contributed by atoms with Gasteiger partial charge in [-0.25, -0.2) is 4.68 Å². The van der Waals surface area contributed by atoms with Crippen LogP contribution in [0.15, 0.2) is 41.5 Å². The number of anilines is 1. The Hall–Kier alpha value is -3.50. The van der Waals surface area contributed by atoms with Crippen LogP contribution in [-0.4, -0.2) is 44.0 Å². The molecule has 1 N–H and O–H groups in total. The lowest BCUT2D eigenvalue weighted by molar-refractivity contribution is -0.139. The average Bonchev–Trinajstić information content (AvgIpc) is 3.74. The number of hydrogen-bond donors (Lipinski definition) is 1. The summed E-state index contributed by atoms with van der Waals surface area (Å²) in [6, 6.07) is 7.22. The van der Waals surface area contributed by atoms with Crippen molar-refractivity contribution in [2.75, 3.05) is 11.9 Å². The van der Waals surface area contributed by atoms with Crippen LogP contribution in [0.3, 0.4) is 0 Å². The first-order valence-electron chi connectivity index (χ1n) is 14.7. The number of aryl methyl sites for hydroxylation is 1. The number of carbonyl (C=O) groups is 1. The maximum Gasteiger partial charge on any atom is 0.271 e. The monoisotopic (exact) mass is 561 g/mol. The summed E-state index contributed by atoms with van der Waals surface area (Å²) in [5.41, 5.74) is 2.26. The molecule has 1 aromatic carbocycles. The van der Waals surface area contributed by atoms with E-state index in [1.54, 1.807) is 23.1 Å². The molecule has 2 aliphatic carbocycles. The quantitative estimate of drug-likeness (QED) is 0.424. The summed E-state index contributed by atoms with van der Waals surface area (Å²) in [6.07, 6.45) is 10.0. The van der Waals surface area contributed by atoms with Crippen molar-refractivity contribution in [3.8, 4) is 11.5 Å². The number of amides is 1. The lowest BCUT2D eigenvalue weighted by Gasteiger charge is -2.34. The largest absolute Gasteiger partial charge is 0.455 e. The summed E-state index contributed by atoms with van der Waals surface area (Å²) in [4.78, 5) is 27.4. The number of fused-ring (bicyclic) bond motifs is 1. The second-order valence-corrected chi connectivity index (χ2v) is 12.2. The fraction of sp³-hybridized carbons (Fsp3) is 0.548. The van der Waals surface area contributed by atoms with Crippen molar-refractivity contribution in [3.63, 3.8) is 0 Å². The third kappa shape index (κ3) is 5.42. The summed E-state index contributed by atoms with van der Waals surface area (Å²) >= 11 is 0. The third-order valence-electron chi connectivity index (χ3n) is 8.87. The summed E-state index contributed by atoms with van der Waals surface area (Å²) in [7, 11) is 0. The van der Waals surface area contributed by atoms with Crippen molar-refractivity contribution in [1.82, 2.24) is 19.6 Å². The molecule has 2 fully saturated rings.